The highest BCUT2D eigenvalue weighted by atomic mass is 35.5. The molecule has 0 saturated carbocycles. The molecule has 1 unspecified atom stereocenters. The number of benzene rings is 1. The van der Waals surface area contributed by atoms with Crippen molar-refractivity contribution < 1.29 is 55.7 Å². The molecular weight excluding hydrogens is 554 g/mol. The topological polar surface area (TPSA) is 143 Å². The summed E-state index contributed by atoms with van der Waals surface area (Å²) in [6, 6.07) is 7.12. The molecule has 1 fully saturated rings. The van der Waals surface area contributed by atoms with Gasteiger partial charge in [-0.25, -0.2) is 14.6 Å². The van der Waals surface area contributed by atoms with Gasteiger partial charge in [0.2, 0.25) is 0 Å². The molecule has 4 rings (SSSR count). The minimum atomic E-state index is -5.08. The van der Waals surface area contributed by atoms with Gasteiger partial charge in [0.1, 0.15) is 11.4 Å². The first kappa shape index (κ1) is 30.9. The summed E-state index contributed by atoms with van der Waals surface area (Å²) in [5.41, 5.74) is 0.190. The lowest BCUT2D eigenvalue weighted by Crippen LogP contribution is -2.52. The van der Waals surface area contributed by atoms with Crippen LogP contribution in [0.15, 0.2) is 36.7 Å². The van der Waals surface area contributed by atoms with E-state index < -0.39 is 36.0 Å². The summed E-state index contributed by atoms with van der Waals surface area (Å²) in [6.07, 6.45) is -5.40. The Kier molecular flexibility index (Phi) is 10.1. The molecule has 1 amide bonds. The molecule has 1 atom stereocenters. The second-order valence-electron chi connectivity index (χ2n) is 7.86. The van der Waals surface area contributed by atoms with Crippen LogP contribution in [0.3, 0.4) is 0 Å². The second-order valence-corrected chi connectivity index (χ2v) is 8.30. The number of nitrogens with one attached hydrogen (secondary N) is 2. The van der Waals surface area contributed by atoms with E-state index in [4.69, 9.17) is 36.1 Å². The van der Waals surface area contributed by atoms with E-state index in [1.165, 1.54) is 0 Å². The fourth-order valence-electron chi connectivity index (χ4n) is 3.49. The molecule has 210 valence electrons. The summed E-state index contributed by atoms with van der Waals surface area (Å²) < 4.78 is 71.8. The quantitative estimate of drug-likeness (QED) is 0.400. The Balaban J connectivity index is 0.000000301. The van der Waals surface area contributed by atoms with E-state index in [0.717, 1.165) is 31.8 Å². The number of carbonyl (C=O) groups excluding carboxylic acids is 1. The molecule has 0 bridgehead atoms. The van der Waals surface area contributed by atoms with Gasteiger partial charge in [0, 0.05) is 23.1 Å². The van der Waals surface area contributed by atoms with E-state index in [-0.39, 0.29) is 5.91 Å². The number of aromatic nitrogens is 2. The molecule has 1 aromatic carbocycles. The maximum Gasteiger partial charge on any atom is 0.490 e. The Morgan fingerprint density at radius 3 is 2.13 bits per heavy atom. The number of anilines is 1. The lowest BCUT2D eigenvalue weighted by atomic mass is 9.89. The number of amides is 1. The van der Waals surface area contributed by atoms with E-state index in [9.17, 15) is 31.1 Å². The third-order valence-electron chi connectivity index (χ3n) is 5.13. The Morgan fingerprint density at radius 2 is 1.63 bits per heavy atom. The zero-order valence-electron chi connectivity index (χ0n) is 19.1. The van der Waals surface area contributed by atoms with Gasteiger partial charge in [0.25, 0.3) is 5.91 Å². The zero-order valence-corrected chi connectivity index (χ0v) is 19.9. The minimum Gasteiger partial charge on any atom is -0.475 e. The van der Waals surface area contributed by atoms with Crippen molar-refractivity contribution in [2.75, 3.05) is 18.4 Å². The number of aliphatic carboxylic acids is 2. The maximum absolute atomic E-state index is 12.7. The molecule has 2 aliphatic rings. The molecule has 0 radical (unpaired) electrons. The number of carboxylic acids is 2. The number of hydrogen-bond acceptors (Lipinski definition) is 6. The average molecular weight is 575 g/mol. The van der Waals surface area contributed by atoms with Gasteiger partial charge in [-0.3, -0.25) is 4.79 Å². The highest BCUT2D eigenvalue weighted by Gasteiger charge is 2.46. The molecular formula is C21H21ClF6N4O6. The van der Waals surface area contributed by atoms with Crippen LogP contribution < -0.4 is 10.6 Å². The third kappa shape index (κ3) is 8.59. The van der Waals surface area contributed by atoms with E-state index in [1.54, 1.807) is 18.3 Å². The van der Waals surface area contributed by atoms with E-state index >= 15 is 0 Å². The predicted molar refractivity (Wildman–Crippen MR) is 118 cm³/mol. The van der Waals surface area contributed by atoms with Gasteiger partial charge in [-0.15, -0.1) is 0 Å². The number of hydrogen-bond donors (Lipinski definition) is 4. The van der Waals surface area contributed by atoms with Gasteiger partial charge in [0.05, 0.1) is 6.54 Å². The third-order valence-corrected chi connectivity index (χ3v) is 5.37. The highest BCUT2D eigenvalue weighted by molar-refractivity contribution is 6.30. The number of ether oxygens (including phenoxy) is 1. The standard InChI is InChI=1S/C17H19ClN4O2.2C2HF3O2/c18-12-2-1-3-13(10-12)21-15(23)14-11-22-9-8-20-16(22)17(24-14)4-6-19-7-5-17;2*3-2(4,5)1(6)7/h1-3,8-10,14,19H,4-7,11H2,(H,21,23);2*(H,6,7). The molecule has 17 heteroatoms. The fourth-order valence-corrected chi connectivity index (χ4v) is 3.68. The molecule has 38 heavy (non-hydrogen) atoms. The second kappa shape index (κ2) is 12.4. The number of fused-ring (bicyclic) bond motifs is 2. The number of alkyl halides is 6. The van der Waals surface area contributed by atoms with Crippen molar-refractivity contribution in [1.29, 1.82) is 0 Å². The largest absolute Gasteiger partial charge is 0.490 e. The number of imidazole rings is 1. The summed E-state index contributed by atoms with van der Waals surface area (Å²) in [4.78, 5) is 35.0. The van der Waals surface area contributed by atoms with Crippen LogP contribution in [0.25, 0.3) is 0 Å². The van der Waals surface area contributed by atoms with Crippen LogP contribution in [0.1, 0.15) is 18.7 Å². The molecule has 1 saturated heterocycles. The van der Waals surface area contributed by atoms with Crippen LogP contribution >= 0.6 is 11.6 Å². The summed E-state index contributed by atoms with van der Waals surface area (Å²) in [5.74, 6) is -4.75. The first-order valence-corrected chi connectivity index (χ1v) is 11.0. The molecule has 10 nitrogen and oxygen atoms in total. The van der Waals surface area contributed by atoms with Crippen LogP contribution in [-0.2, 0) is 31.3 Å². The Labute approximate surface area is 215 Å². The van der Waals surface area contributed by atoms with Crippen molar-refractivity contribution >= 4 is 35.1 Å². The number of piperidine rings is 1. The normalized spacial score (nSPS) is 18.1. The highest BCUT2D eigenvalue weighted by Crippen LogP contribution is 2.38. The van der Waals surface area contributed by atoms with Gasteiger partial charge in [-0.1, -0.05) is 17.7 Å². The monoisotopic (exact) mass is 574 g/mol. The smallest absolute Gasteiger partial charge is 0.475 e. The Hall–Kier alpha value is -3.37. The fraction of sp³-hybridized carbons (Fsp3) is 0.429. The Bertz CT molecular complexity index is 1110. The maximum atomic E-state index is 12.7. The lowest BCUT2D eigenvalue weighted by molar-refractivity contribution is -0.193. The van der Waals surface area contributed by atoms with Crippen molar-refractivity contribution in [1.82, 2.24) is 14.9 Å². The molecule has 3 heterocycles. The summed E-state index contributed by atoms with van der Waals surface area (Å²) >= 11 is 5.98. The van der Waals surface area contributed by atoms with Crippen molar-refractivity contribution in [2.24, 2.45) is 0 Å². The lowest BCUT2D eigenvalue weighted by Gasteiger charge is -2.43. The number of rotatable bonds is 2. The van der Waals surface area contributed by atoms with Crippen molar-refractivity contribution in [2.45, 2.75) is 43.4 Å². The molecule has 4 N–H and O–H groups in total. The van der Waals surface area contributed by atoms with E-state index in [1.807, 2.05) is 22.9 Å². The molecule has 0 aliphatic carbocycles. The van der Waals surface area contributed by atoms with Crippen LogP contribution in [-0.4, -0.2) is 69.2 Å². The predicted octanol–water partition coefficient (Wildman–Crippen LogP) is 3.42. The molecule has 1 spiro atoms. The first-order chi connectivity index (χ1) is 17.5. The van der Waals surface area contributed by atoms with E-state index in [0.29, 0.717) is 17.3 Å². The molecule has 1 aromatic heterocycles. The van der Waals surface area contributed by atoms with Crippen LogP contribution in [0.2, 0.25) is 5.02 Å². The molecule has 2 aromatic rings. The average Bonchev–Trinajstić information content (AvgIpc) is 3.29. The number of halogens is 7. The summed E-state index contributed by atoms with van der Waals surface area (Å²) in [5, 5.41) is 21.1. The van der Waals surface area contributed by atoms with Gasteiger partial charge in [-0.05, 0) is 44.1 Å². The SMILES string of the molecule is O=C(Nc1cccc(Cl)c1)C1Cn2ccnc2C2(CCNCC2)O1.O=C(O)C(F)(F)F.O=C(O)C(F)(F)F. The van der Waals surface area contributed by atoms with Gasteiger partial charge in [0.15, 0.2) is 6.10 Å². The Morgan fingerprint density at radius 1 is 1.08 bits per heavy atom. The van der Waals surface area contributed by atoms with Crippen LogP contribution in [0.4, 0.5) is 32.0 Å². The van der Waals surface area contributed by atoms with Gasteiger partial charge in [-0.2, -0.15) is 26.3 Å². The van der Waals surface area contributed by atoms with Gasteiger partial charge < -0.3 is 30.2 Å². The van der Waals surface area contributed by atoms with Gasteiger partial charge >= 0.3 is 24.3 Å². The number of carboxylic acid groups (broad SMARTS) is 2. The molecule has 2 aliphatic heterocycles. The summed E-state index contributed by atoms with van der Waals surface area (Å²) in [6.45, 7) is 2.18. The summed E-state index contributed by atoms with van der Waals surface area (Å²) in [7, 11) is 0. The number of nitrogens with zero attached hydrogens (tertiary/aromatic N) is 2. The van der Waals surface area contributed by atoms with Crippen LogP contribution in [0, 0.1) is 0 Å². The minimum absolute atomic E-state index is 0.158. The van der Waals surface area contributed by atoms with E-state index in [2.05, 4.69) is 15.6 Å². The zero-order chi connectivity index (χ0) is 28.7. The van der Waals surface area contributed by atoms with Crippen molar-refractivity contribution in [3.05, 3.63) is 47.5 Å². The first-order valence-electron chi connectivity index (χ1n) is 10.6. The van der Waals surface area contributed by atoms with Crippen molar-refractivity contribution in [3.8, 4) is 0 Å². The van der Waals surface area contributed by atoms with Crippen LogP contribution in [0.5, 0.6) is 0 Å². The number of carbonyl (C=O) groups is 3. The van der Waals surface area contributed by atoms with Crippen molar-refractivity contribution in [3.63, 3.8) is 0 Å².